The van der Waals surface area contributed by atoms with E-state index in [0.717, 1.165) is 11.3 Å². The number of anilines is 1. The highest BCUT2D eigenvalue weighted by molar-refractivity contribution is 6.28. The van der Waals surface area contributed by atoms with Crippen molar-refractivity contribution >= 4 is 17.3 Å². The largest absolute Gasteiger partial charge is 0.375 e. The summed E-state index contributed by atoms with van der Waals surface area (Å²) >= 11 is 6.46. The van der Waals surface area contributed by atoms with Gasteiger partial charge in [0.1, 0.15) is 11.8 Å². The molecule has 3 rings (SSSR count). The summed E-state index contributed by atoms with van der Waals surface area (Å²) in [7, 11) is 0. The molecule has 0 aliphatic carbocycles. The number of aryl methyl sites for hydroxylation is 1. The third kappa shape index (κ3) is 3.08. The SMILES string of the molecule is Cc1ccccc1ON(C1=CC=CNC1(Cl)C#N)c1ccccc1. The number of rotatable bonds is 4. The first kappa shape index (κ1) is 16.0. The average molecular weight is 338 g/mol. The highest BCUT2D eigenvalue weighted by atomic mass is 35.5. The van der Waals surface area contributed by atoms with Gasteiger partial charge < -0.3 is 10.2 Å². The van der Waals surface area contributed by atoms with E-state index in [1.807, 2.05) is 61.5 Å². The van der Waals surface area contributed by atoms with Crippen molar-refractivity contribution in [1.82, 2.24) is 5.32 Å². The molecular formula is C19H16ClN3O. The second kappa shape index (κ2) is 6.69. The van der Waals surface area contributed by atoms with Gasteiger partial charge in [-0.3, -0.25) is 0 Å². The van der Waals surface area contributed by atoms with E-state index < -0.39 is 5.00 Å². The molecule has 1 unspecified atom stereocenters. The van der Waals surface area contributed by atoms with Crippen LogP contribution in [0.15, 0.2) is 78.6 Å². The lowest BCUT2D eigenvalue weighted by Crippen LogP contribution is -2.46. The number of allylic oxidation sites excluding steroid dienone is 2. The molecule has 0 saturated heterocycles. The van der Waals surface area contributed by atoms with E-state index in [2.05, 4.69) is 11.4 Å². The predicted octanol–water partition coefficient (Wildman–Crippen LogP) is 4.25. The van der Waals surface area contributed by atoms with Crippen molar-refractivity contribution < 1.29 is 4.84 Å². The lowest BCUT2D eigenvalue weighted by Gasteiger charge is -2.34. The van der Waals surface area contributed by atoms with Crippen LogP contribution in [0.3, 0.4) is 0 Å². The number of alkyl halides is 1. The maximum atomic E-state index is 9.54. The molecular weight excluding hydrogens is 322 g/mol. The molecule has 1 aliphatic rings. The Morgan fingerprint density at radius 1 is 1.12 bits per heavy atom. The summed E-state index contributed by atoms with van der Waals surface area (Å²) < 4.78 is 0. The molecule has 0 radical (unpaired) electrons. The summed E-state index contributed by atoms with van der Waals surface area (Å²) in [6, 6.07) is 19.3. The van der Waals surface area contributed by atoms with Crippen LogP contribution >= 0.6 is 11.6 Å². The van der Waals surface area contributed by atoms with Gasteiger partial charge in [0.2, 0.25) is 5.00 Å². The molecule has 4 nitrogen and oxygen atoms in total. The molecule has 5 heteroatoms. The molecule has 0 bridgehead atoms. The Labute approximate surface area is 146 Å². The summed E-state index contributed by atoms with van der Waals surface area (Å²) in [5.41, 5.74) is 2.24. The van der Waals surface area contributed by atoms with Gasteiger partial charge in [0, 0.05) is 0 Å². The van der Waals surface area contributed by atoms with Crippen molar-refractivity contribution in [2.24, 2.45) is 0 Å². The number of nitrogens with zero attached hydrogens (tertiary/aromatic N) is 2. The number of nitriles is 1. The molecule has 0 fully saturated rings. The molecule has 0 amide bonds. The Bertz CT molecular complexity index is 826. The summed E-state index contributed by atoms with van der Waals surface area (Å²) in [6.07, 6.45) is 5.18. The summed E-state index contributed by atoms with van der Waals surface area (Å²) in [6.45, 7) is 1.96. The fourth-order valence-corrected chi connectivity index (χ4v) is 2.55. The fourth-order valence-electron chi connectivity index (χ4n) is 2.35. The van der Waals surface area contributed by atoms with Crippen LogP contribution in [-0.4, -0.2) is 5.00 Å². The van der Waals surface area contributed by atoms with Gasteiger partial charge in [0.05, 0.1) is 5.69 Å². The molecule has 1 N–H and O–H groups in total. The lowest BCUT2D eigenvalue weighted by molar-refractivity contribution is 0.294. The molecule has 0 spiro atoms. The normalized spacial score (nSPS) is 19.0. The maximum absolute atomic E-state index is 9.54. The van der Waals surface area contributed by atoms with Crippen LogP contribution in [0.2, 0.25) is 0 Å². The Morgan fingerprint density at radius 3 is 2.54 bits per heavy atom. The maximum Gasteiger partial charge on any atom is 0.244 e. The van der Waals surface area contributed by atoms with Gasteiger partial charge in [0.25, 0.3) is 0 Å². The van der Waals surface area contributed by atoms with E-state index in [1.165, 1.54) is 0 Å². The molecule has 24 heavy (non-hydrogen) atoms. The second-order valence-corrected chi connectivity index (χ2v) is 5.88. The molecule has 1 aliphatic heterocycles. The van der Waals surface area contributed by atoms with Crippen molar-refractivity contribution in [2.75, 3.05) is 5.06 Å². The minimum absolute atomic E-state index is 0.489. The summed E-state index contributed by atoms with van der Waals surface area (Å²) in [5.74, 6) is 0.689. The zero-order valence-electron chi connectivity index (χ0n) is 13.1. The predicted molar refractivity (Wildman–Crippen MR) is 95.3 cm³/mol. The number of para-hydroxylation sites is 2. The number of benzene rings is 2. The van der Waals surface area contributed by atoms with Gasteiger partial charge in [-0.05, 0) is 49.0 Å². The third-order valence-electron chi connectivity index (χ3n) is 3.63. The molecule has 0 aromatic heterocycles. The first-order chi connectivity index (χ1) is 11.6. The van der Waals surface area contributed by atoms with Crippen molar-refractivity contribution in [2.45, 2.75) is 11.9 Å². The van der Waals surface area contributed by atoms with Crippen LogP contribution in [0.1, 0.15) is 5.56 Å². The van der Waals surface area contributed by atoms with Crippen LogP contribution < -0.4 is 15.2 Å². The van der Waals surface area contributed by atoms with E-state index in [1.54, 1.807) is 23.4 Å². The van der Waals surface area contributed by atoms with E-state index in [9.17, 15) is 5.26 Å². The number of hydrogen-bond donors (Lipinski definition) is 1. The smallest absolute Gasteiger partial charge is 0.244 e. The van der Waals surface area contributed by atoms with Gasteiger partial charge in [-0.15, -0.1) is 0 Å². The number of hydrogen-bond acceptors (Lipinski definition) is 4. The van der Waals surface area contributed by atoms with E-state index in [0.29, 0.717) is 11.4 Å². The van der Waals surface area contributed by atoms with Crippen LogP contribution in [0, 0.1) is 18.3 Å². The minimum atomic E-state index is -1.41. The van der Waals surface area contributed by atoms with E-state index in [4.69, 9.17) is 16.4 Å². The molecule has 2 aromatic carbocycles. The second-order valence-electron chi connectivity index (χ2n) is 5.31. The van der Waals surface area contributed by atoms with E-state index in [-0.39, 0.29) is 0 Å². The van der Waals surface area contributed by atoms with Crippen molar-refractivity contribution in [3.05, 3.63) is 84.2 Å². The van der Waals surface area contributed by atoms with Crippen molar-refractivity contribution in [3.8, 4) is 11.8 Å². The zero-order chi connectivity index (χ0) is 17.0. The Kier molecular flexibility index (Phi) is 4.45. The van der Waals surface area contributed by atoms with Gasteiger partial charge >= 0.3 is 0 Å². The first-order valence-electron chi connectivity index (χ1n) is 7.48. The third-order valence-corrected chi connectivity index (χ3v) is 4.02. The van der Waals surface area contributed by atoms with Crippen molar-refractivity contribution in [1.29, 1.82) is 5.26 Å². The number of dihydropyridines is 1. The lowest BCUT2D eigenvalue weighted by atomic mass is 10.1. The highest BCUT2D eigenvalue weighted by Gasteiger charge is 2.38. The zero-order valence-corrected chi connectivity index (χ0v) is 13.9. The topological polar surface area (TPSA) is 48.3 Å². The Hall–Kier alpha value is -2.90. The van der Waals surface area contributed by atoms with Crippen LogP contribution in [0.25, 0.3) is 0 Å². The molecule has 0 saturated carbocycles. The molecule has 2 aromatic rings. The van der Waals surface area contributed by atoms with Crippen LogP contribution in [0.5, 0.6) is 5.75 Å². The monoisotopic (exact) mass is 337 g/mol. The highest BCUT2D eigenvalue weighted by Crippen LogP contribution is 2.33. The van der Waals surface area contributed by atoms with E-state index >= 15 is 0 Å². The fraction of sp³-hybridized carbons (Fsp3) is 0.105. The molecule has 120 valence electrons. The molecule has 1 heterocycles. The summed E-state index contributed by atoms with van der Waals surface area (Å²) in [5, 5.41) is 14.0. The number of nitrogens with one attached hydrogen (secondary N) is 1. The van der Waals surface area contributed by atoms with Crippen LogP contribution in [-0.2, 0) is 0 Å². The van der Waals surface area contributed by atoms with Crippen molar-refractivity contribution in [3.63, 3.8) is 0 Å². The minimum Gasteiger partial charge on any atom is -0.375 e. The molecule has 1 atom stereocenters. The van der Waals surface area contributed by atoms with Gasteiger partial charge in [0.15, 0.2) is 5.75 Å². The Morgan fingerprint density at radius 2 is 1.83 bits per heavy atom. The quantitative estimate of drug-likeness (QED) is 0.514. The number of hydroxylamine groups is 1. The standard InChI is InChI=1S/C19H16ClN3O/c1-15-8-5-6-11-17(15)24-23(16-9-3-2-4-10-16)18-12-7-13-22-19(18,20)14-21/h2-13,22H,1H3. The van der Waals surface area contributed by atoms with Gasteiger partial charge in [-0.1, -0.05) is 48.0 Å². The number of halogens is 1. The summed E-state index contributed by atoms with van der Waals surface area (Å²) in [4.78, 5) is 4.71. The van der Waals surface area contributed by atoms with Crippen LogP contribution in [0.4, 0.5) is 5.69 Å². The average Bonchev–Trinajstić information content (AvgIpc) is 2.63. The Balaban J connectivity index is 2.07. The van der Waals surface area contributed by atoms with Gasteiger partial charge in [-0.2, -0.15) is 10.3 Å². The first-order valence-corrected chi connectivity index (χ1v) is 7.86. The van der Waals surface area contributed by atoms with Gasteiger partial charge in [-0.25, -0.2) is 0 Å².